The summed E-state index contributed by atoms with van der Waals surface area (Å²) in [5, 5.41) is 0.931. The topological polar surface area (TPSA) is 72.7 Å². The summed E-state index contributed by atoms with van der Waals surface area (Å²) in [5.74, 6) is 0.473. The van der Waals surface area contributed by atoms with E-state index in [-0.39, 0.29) is 11.4 Å². The van der Waals surface area contributed by atoms with Gasteiger partial charge in [-0.1, -0.05) is 36.0 Å². The quantitative estimate of drug-likeness (QED) is 0.397. The highest BCUT2D eigenvalue weighted by atomic mass is 32.2. The summed E-state index contributed by atoms with van der Waals surface area (Å²) in [6.07, 6.45) is 0. The van der Waals surface area contributed by atoms with Crippen molar-refractivity contribution in [3.8, 4) is 0 Å². The number of nitrogens with one attached hydrogen (secondary N) is 1. The number of para-hydroxylation sites is 1. The molecule has 8 heteroatoms. The highest BCUT2D eigenvalue weighted by Gasteiger charge is 2.13. The predicted molar refractivity (Wildman–Crippen MR) is 112 cm³/mol. The lowest BCUT2D eigenvalue weighted by Crippen LogP contribution is -2.30. The van der Waals surface area contributed by atoms with Crippen LogP contribution >= 0.6 is 11.8 Å². The minimum Gasteiger partial charge on any atom is -0.267 e. The fraction of sp³-hybridized carbons (Fsp3) is 0.143. The number of hydrogen-bond donors (Lipinski definition) is 1. The third kappa shape index (κ3) is 4.27. The fourth-order valence-corrected chi connectivity index (χ4v) is 3.85. The molecule has 0 radical (unpaired) electrons. The van der Waals surface area contributed by atoms with E-state index in [4.69, 9.17) is 0 Å². The van der Waals surface area contributed by atoms with Crippen molar-refractivity contribution in [2.45, 2.75) is 24.8 Å². The summed E-state index contributed by atoms with van der Waals surface area (Å²) < 4.78 is 14.8. The Kier molecular flexibility index (Phi) is 5.26. The molecule has 6 nitrogen and oxygen atoms in total. The van der Waals surface area contributed by atoms with Crippen LogP contribution in [0.1, 0.15) is 17.0 Å². The van der Waals surface area contributed by atoms with E-state index in [0.29, 0.717) is 27.8 Å². The molecule has 4 aromatic rings. The number of benzene rings is 2. The molecule has 2 aromatic heterocycles. The van der Waals surface area contributed by atoms with Crippen LogP contribution in [0, 0.1) is 19.7 Å². The Hall–Kier alpha value is -3.26. The number of aryl methyl sites for hydroxylation is 2. The number of thioether (sulfide) groups is 1. The van der Waals surface area contributed by atoms with E-state index in [1.54, 1.807) is 24.3 Å². The van der Waals surface area contributed by atoms with Crippen molar-refractivity contribution in [3.05, 3.63) is 87.7 Å². The highest BCUT2D eigenvalue weighted by molar-refractivity contribution is 7.98. The van der Waals surface area contributed by atoms with Crippen LogP contribution in [-0.2, 0) is 5.75 Å². The molecule has 0 unspecified atom stereocenters. The molecule has 146 valence electrons. The maximum absolute atomic E-state index is 13.5. The number of rotatable bonds is 5. The molecular formula is C21H18FN5OS. The van der Waals surface area contributed by atoms with E-state index >= 15 is 0 Å². The van der Waals surface area contributed by atoms with Crippen molar-refractivity contribution < 1.29 is 4.39 Å². The van der Waals surface area contributed by atoms with E-state index < -0.39 is 0 Å². The first kappa shape index (κ1) is 19.1. The second-order valence-electron chi connectivity index (χ2n) is 6.56. The van der Waals surface area contributed by atoms with Crippen LogP contribution < -0.4 is 11.0 Å². The second-order valence-corrected chi connectivity index (χ2v) is 7.50. The zero-order valence-corrected chi connectivity index (χ0v) is 16.7. The van der Waals surface area contributed by atoms with Gasteiger partial charge >= 0.3 is 0 Å². The van der Waals surface area contributed by atoms with Crippen molar-refractivity contribution >= 4 is 28.6 Å². The van der Waals surface area contributed by atoms with Gasteiger partial charge in [0.2, 0.25) is 5.95 Å². The molecule has 0 fully saturated rings. The molecule has 2 aromatic carbocycles. The van der Waals surface area contributed by atoms with Crippen molar-refractivity contribution in [1.29, 1.82) is 0 Å². The van der Waals surface area contributed by atoms with Gasteiger partial charge in [0.05, 0.1) is 10.9 Å². The molecule has 0 bridgehead atoms. The van der Waals surface area contributed by atoms with Crippen LogP contribution in [-0.4, -0.2) is 19.6 Å². The van der Waals surface area contributed by atoms with Gasteiger partial charge in [-0.2, -0.15) is 4.68 Å². The number of hydrogen-bond acceptors (Lipinski definition) is 6. The van der Waals surface area contributed by atoms with Crippen LogP contribution in [0.4, 0.5) is 10.3 Å². The molecule has 0 saturated carbocycles. The second kappa shape index (κ2) is 8.00. The van der Waals surface area contributed by atoms with Crippen molar-refractivity contribution in [1.82, 2.24) is 19.6 Å². The average Bonchev–Trinajstić information content (AvgIpc) is 2.68. The molecular weight excluding hydrogens is 389 g/mol. The first-order valence-electron chi connectivity index (χ1n) is 8.98. The van der Waals surface area contributed by atoms with Crippen molar-refractivity contribution in [2.75, 3.05) is 5.43 Å². The van der Waals surface area contributed by atoms with Gasteiger partial charge in [0.25, 0.3) is 5.56 Å². The van der Waals surface area contributed by atoms with Crippen LogP contribution in [0.3, 0.4) is 0 Å². The van der Waals surface area contributed by atoms with Gasteiger partial charge in [0.15, 0.2) is 5.16 Å². The molecule has 0 amide bonds. The van der Waals surface area contributed by atoms with Crippen molar-refractivity contribution in [3.63, 3.8) is 0 Å². The van der Waals surface area contributed by atoms with Crippen LogP contribution in [0.5, 0.6) is 0 Å². The van der Waals surface area contributed by atoms with Crippen LogP contribution in [0.25, 0.3) is 10.9 Å². The van der Waals surface area contributed by atoms with Gasteiger partial charge in [-0.15, -0.1) is 0 Å². The lowest BCUT2D eigenvalue weighted by atomic mass is 10.2. The maximum Gasteiger partial charge on any atom is 0.281 e. The largest absolute Gasteiger partial charge is 0.281 e. The van der Waals surface area contributed by atoms with Gasteiger partial charge in [-0.25, -0.2) is 19.3 Å². The van der Waals surface area contributed by atoms with E-state index in [1.807, 2.05) is 32.0 Å². The van der Waals surface area contributed by atoms with Crippen LogP contribution in [0.15, 0.2) is 64.5 Å². The number of anilines is 1. The SMILES string of the molecule is Cc1cc(C)nc(Nn2c(SCc3cccc(F)c3)nc3ccccc3c2=O)n1. The summed E-state index contributed by atoms with van der Waals surface area (Å²) >= 11 is 1.33. The Balaban J connectivity index is 1.76. The van der Waals surface area contributed by atoms with E-state index in [1.165, 1.54) is 28.6 Å². The lowest BCUT2D eigenvalue weighted by molar-refractivity contribution is 0.626. The summed E-state index contributed by atoms with van der Waals surface area (Å²) in [5.41, 5.74) is 5.71. The molecule has 0 saturated heterocycles. The Labute approximate surface area is 170 Å². The number of aromatic nitrogens is 4. The highest BCUT2D eigenvalue weighted by Crippen LogP contribution is 2.22. The molecule has 0 aliphatic heterocycles. The maximum atomic E-state index is 13.5. The Bertz CT molecular complexity index is 1240. The summed E-state index contributed by atoms with van der Waals surface area (Å²) in [4.78, 5) is 26.5. The molecule has 0 aliphatic rings. The van der Waals surface area contributed by atoms with Crippen LogP contribution in [0.2, 0.25) is 0 Å². The molecule has 0 spiro atoms. The summed E-state index contributed by atoms with van der Waals surface area (Å²) in [6, 6.07) is 15.4. The number of nitrogens with zero attached hydrogens (tertiary/aromatic N) is 4. The average molecular weight is 407 g/mol. The fourth-order valence-electron chi connectivity index (χ4n) is 2.96. The van der Waals surface area contributed by atoms with Gasteiger partial charge in [-0.3, -0.25) is 10.2 Å². The summed E-state index contributed by atoms with van der Waals surface area (Å²) in [7, 11) is 0. The van der Waals surface area contributed by atoms with E-state index in [2.05, 4.69) is 20.4 Å². The van der Waals surface area contributed by atoms with Gasteiger partial charge in [-0.05, 0) is 49.7 Å². The third-order valence-corrected chi connectivity index (χ3v) is 5.21. The van der Waals surface area contributed by atoms with Gasteiger partial charge < -0.3 is 0 Å². The molecule has 1 N–H and O–H groups in total. The first-order chi connectivity index (χ1) is 14.0. The monoisotopic (exact) mass is 407 g/mol. The third-order valence-electron chi connectivity index (χ3n) is 4.20. The van der Waals surface area contributed by atoms with Gasteiger partial charge in [0, 0.05) is 17.1 Å². The smallest absolute Gasteiger partial charge is 0.267 e. The van der Waals surface area contributed by atoms with E-state index in [9.17, 15) is 9.18 Å². The number of halogens is 1. The normalized spacial score (nSPS) is 11.0. The standard InChI is InChI=1S/C21H18FN5OS/c1-13-10-14(2)24-20(23-13)26-27-19(28)17-8-3-4-9-18(17)25-21(27)29-12-15-6-5-7-16(22)11-15/h3-11H,12H2,1-2H3,(H,23,24,26). The van der Waals surface area contributed by atoms with Gasteiger partial charge in [0.1, 0.15) is 5.82 Å². The Morgan fingerprint density at radius 2 is 1.76 bits per heavy atom. The predicted octanol–water partition coefficient (Wildman–Crippen LogP) is 4.11. The van der Waals surface area contributed by atoms with Crippen molar-refractivity contribution in [2.24, 2.45) is 0 Å². The zero-order chi connectivity index (χ0) is 20.4. The molecule has 0 aliphatic carbocycles. The molecule has 4 rings (SSSR count). The Morgan fingerprint density at radius 3 is 2.52 bits per heavy atom. The summed E-state index contributed by atoms with van der Waals surface area (Å²) in [6.45, 7) is 3.72. The number of fused-ring (bicyclic) bond motifs is 1. The molecule has 29 heavy (non-hydrogen) atoms. The minimum absolute atomic E-state index is 0.250. The molecule has 2 heterocycles. The first-order valence-corrected chi connectivity index (χ1v) is 9.96. The Morgan fingerprint density at radius 1 is 1.00 bits per heavy atom. The lowest BCUT2D eigenvalue weighted by Gasteiger charge is -2.14. The minimum atomic E-state index is -0.297. The molecule has 0 atom stereocenters. The van der Waals surface area contributed by atoms with E-state index in [0.717, 1.165) is 17.0 Å². The zero-order valence-electron chi connectivity index (χ0n) is 15.9.